The van der Waals surface area contributed by atoms with Crippen LogP contribution < -0.4 is 10.1 Å². The highest BCUT2D eigenvalue weighted by Gasteiger charge is 2.04. The molecule has 0 amide bonds. The zero-order valence-corrected chi connectivity index (χ0v) is 12.9. The Kier molecular flexibility index (Phi) is 4.48. The first-order chi connectivity index (χ1) is 9.10. The van der Waals surface area contributed by atoms with Gasteiger partial charge in [0.15, 0.2) is 0 Å². The Morgan fingerprint density at radius 1 is 1.16 bits per heavy atom. The van der Waals surface area contributed by atoms with Crippen LogP contribution in [0.15, 0.2) is 24.3 Å². The van der Waals surface area contributed by atoms with Gasteiger partial charge in [-0.2, -0.15) is 0 Å². The summed E-state index contributed by atoms with van der Waals surface area (Å²) in [6.45, 7) is 10.0. The van der Waals surface area contributed by atoms with E-state index in [1.54, 1.807) is 0 Å². The molecule has 0 saturated heterocycles. The maximum Gasteiger partial charge on any atom is 0.119 e. The number of ether oxygens (including phenoxy) is 1. The van der Waals surface area contributed by atoms with E-state index >= 15 is 0 Å². The summed E-state index contributed by atoms with van der Waals surface area (Å²) in [6.07, 6.45) is 0. The Labute approximate surface area is 119 Å². The third-order valence-corrected chi connectivity index (χ3v) is 4.13. The molecule has 0 fully saturated rings. The van der Waals surface area contributed by atoms with E-state index in [1.165, 1.54) is 26.6 Å². The Bertz CT molecular complexity index is 560. The molecule has 0 atom stereocenters. The van der Waals surface area contributed by atoms with Crippen molar-refractivity contribution in [2.24, 2.45) is 0 Å². The van der Waals surface area contributed by atoms with Gasteiger partial charge in [0.2, 0.25) is 0 Å². The highest BCUT2D eigenvalue weighted by Crippen LogP contribution is 2.24. The normalized spacial score (nSPS) is 10.5. The van der Waals surface area contributed by atoms with Gasteiger partial charge in [0.05, 0.1) is 6.61 Å². The van der Waals surface area contributed by atoms with Gasteiger partial charge < -0.3 is 10.1 Å². The number of nitrogens with one attached hydrogen (secondary N) is 1. The molecule has 0 saturated carbocycles. The van der Waals surface area contributed by atoms with Gasteiger partial charge in [-0.05, 0) is 63.1 Å². The second-order valence-electron chi connectivity index (χ2n) is 4.70. The molecule has 0 bridgehead atoms. The summed E-state index contributed by atoms with van der Waals surface area (Å²) in [5, 5.41) is 3.50. The number of aryl methyl sites for hydroxylation is 3. The number of anilines is 1. The minimum atomic E-state index is 0.708. The van der Waals surface area contributed by atoms with E-state index in [-0.39, 0.29) is 0 Å². The molecule has 1 aromatic heterocycles. The van der Waals surface area contributed by atoms with Crippen LogP contribution in [0.4, 0.5) is 5.69 Å². The minimum absolute atomic E-state index is 0.708. The van der Waals surface area contributed by atoms with Crippen LogP contribution in [-0.4, -0.2) is 6.61 Å². The summed E-state index contributed by atoms with van der Waals surface area (Å²) in [7, 11) is 0. The maximum atomic E-state index is 5.50. The molecule has 0 unspecified atom stereocenters. The number of thiophene rings is 1. The number of hydrogen-bond acceptors (Lipinski definition) is 3. The van der Waals surface area contributed by atoms with Gasteiger partial charge >= 0.3 is 0 Å². The zero-order valence-electron chi connectivity index (χ0n) is 12.0. The highest BCUT2D eigenvalue weighted by atomic mass is 32.1. The first kappa shape index (κ1) is 13.9. The average molecular weight is 275 g/mol. The van der Waals surface area contributed by atoms with E-state index in [4.69, 9.17) is 4.74 Å². The summed E-state index contributed by atoms with van der Waals surface area (Å²) in [5.74, 6) is 0.938. The molecule has 0 aliphatic carbocycles. The summed E-state index contributed by atoms with van der Waals surface area (Å²) in [5.41, 5.74) is 3.78. The van der Waals surface area contributed by atoms with Gasteiger partial charge in [0.1, 0.15) is 5.75 Å². The van der Waals surface area contributed by atoms with Gasteiger partial charge in [-0.1, -0.05) is 0 Å². The van der Waals surface area contributed by atoms with E-state index in [9.17, 15) is 0 Å². The largest absolute Gasteiger partial charge is 0.494 e. The number of rotatable bonds is 5. The quantitative estimate of drug-likeness (QED) is 0.855. The van der Waals surface area contributed by atoms with Crippen molar-refractivity contribution in [1.29, 1.82) is 0 Å². The number of benzene rings is 1. The van der Waals surface area contributed by atoms with Crippen molar-refractivity contribution < 1.29 is 4.74 Å². The lowest BCUT2D eigenvalue weighted by Crippen LogP contribution is -2.01. The van der Waals surface area contributed by atoms with Crippen LogP contribution in [0.1, 0.15) is 27.8 Å². The third kappa shape index (κ3) is 3.51. The summed E-state index contributed by atoms with van der Waals surface area (Å²) >= 11 is 1.86. The van der Waals surface area contributed by atoms with E-state index in [2.05, 4.69) is 44.3 Å². The summed E-state index contributed by atoms with van der Waals surface area (Å²) < 4.78 is 5.50. The summed E-state index contributed by atoms with van der Waals surface area (Å²) in [6, 6.07) is 8.45. The Balaban J connectivity index is 2.05. The van der Waals surface area contributed by atoms with Crippen molar-refractivity contribution >= 4 is 17.0 Å². The molecule has 19 heavy (non-hydrogen) atoms. The SMILES string of the molecule is CCOc1ccc(NCc2cc(C)sc2C)c(C)c1. The van der Waals surface area contributed by atoms with Crippen LogP contribution in [0, 0.1) is 20.8 Å². The zero-order chi connectivity index (χ0) is 13.8. The predicted molar refractivity (Wildman–Crippen MR) is 83.5 cm³/mol. The lowest BCUT2D eigenvalue weighted by molar-refractivity contribution is 0.340. The highest BCUT2D eigenvalue weighted by molar-refractivity contribution is 7.12. The third-order valence-electron chi connectivity index (χ3n) is 3.12. The lowest BCUT2D eigenvalue weighted by atomic mass is 10.1. The first-order valence-corrected chi connectivity index (χ1v) is 7.45. The standard InChI is InChI=1S/C16H21NOS/c1-5-18-15-6-7-16(11(2)8-15)17-10-14-9-12(3)19-13(14)4/h6-9,17H,5,10H2,1-4H3. The second kappa shape index (κ2) is 6.11. The van der Waals surface area contributed by atoms with Gasteiger partial charge in [0.25, 0.3) is 0 Å². The van der Waals surface area contributed by atoms with Gasteiger partial charge in [-0.25, -0.2) is 0 Å². The van der Waals surface area contributed by atoms with Crippen molar-refractivity contribution in [3.8, 4) is 5.75 Å². The molecule has 102 valence electrons. The monoisotopic (exact) mass is 275 g/mol. The predicted octanol–water partition coefficient (Wildman–Crippen LogP) is 4.68. The molecule has 3 heteroatoms. The van der Waals surface area contributed by atoms with Crippen LogP contribution in [0.5, 0.6) is 5.75 Å². The fourth-order valence-corrected chi connectivity index (χ4v) is 3.09. The molecule has 1 aromatic carbocycles. The van der Waals surface area contributed by atoms with Crippen molar-refractivity contribution in [2.75, 3.05) is 11.9 Å². The van der Waals surface area contributed by atoms with Crippen molar-refractivity contribution in [3.05, 3.63) is 45.1 Å². The molecule has 2 aromatic rings. The van der Waals surface area contributed by atoms with Crippen LogP contribution in [0.3, 0.4) is 0 Å². The van der Waals surface area contributed by atoms with Crippen molar-refractivity contribution in [2.45, 2.75) is 34.2 Å². The van der Waals surface area contributed by atoms with Crippen LogP contribution in [0.25, 0.3) is 0 Å². The minimum Gasteiger partial charge on any atom is -0.494 e. The molecular formula is C16H21NOS. The fraction of sp³-hybridized carbons (Fsp3) is 0.375. The maximum absolute atomic E-state index is 5.50. The molecule has 1 heterocycles. The smallest absolute Gasteiger partial charge is 0.119 e. The van der Waals surface area contributed by atoms with E-state index in [1.807, 2.05) is 24.3 Å². The Morgan fingerprint density at radius 3 is 2.53 bits per heavy atom. The molecule has 0 aliphatic heterocycles. The van der Waals surface area contributed by atoms with Crippen molar-refractivity contribution in [1.82, 2.24) is 0 Å². The van der Waals surface area contributed by atoms with Gasteiger partial charge in [-0.3, -0.25) is 0 Å². The molecule has 0 radical (unpaired) electrons. The second-order valence-corrected chi connectivity index (χ2v) is 6.16. The van der Waals surface area contributed by atoms with E-state index in [0.717, 1.165) is 12.3 Å². The topological polar surface area (TPSA) is 21.3 Å². The molecular weight excluding hydrogens is 254 g/mol. The van der Waals surface area contributed by atoms with Gasteiger partial charge in [0, 0.05) is 22.0 Å². The molecule has 2 nitrogen and oxygen atoms in total. The van der Waals surface area contributed by atoms with Gasteiger partial charge in [-0.15, -0.1) is 11.3 Å². The fourth-order valence-electron chi connectivity index (χ4n) is 2.14. The van der Waals surface area contributed by atoms with Crippen LogP contribution >= 0.6 is 11.3 Å². The number of hydrogen-bond donors (Lipinski definition) is 1. The van der Waals surface area contributed by atoms with Crippen molar-refractivity contribution in [3.63, 3.8) is 0 Å². The average Bonchev–Trinajstić information content (AvgIpc) is 2.67. The van der Waals surface area contributed by atoms with E-state index in [0.29, 0.717) is 6.61 Å². The molecule has 2 rings (SSSR count). The molecule has 0 aliphatic rings. The first-order valence-electron chi connectivity index (χ1n) is 6.63. The lowest BCUT2D eigenvalue weighted by Gasteiger charge is -2.11. The van der Waals surface area contributed by atoms with Crippen LogP contribution in [-0.2, 0) is 6.54 Å². The van der Waals surface area contributed by atoms with E-state index < -0.39 is 0 Å². The Morgan fingerprint density at radius 2 is 1.95 bits per heavy atom. The molecule has 0 spiro atoms. The summed E-state index contributed by atoms with van der Waals surface area (Å²) in [4.78, 5) is 2.77. The Hall–Kier alpha value is -1.48. The van der Waals surface area contributed by atoms with Crippen LogP contribution in [0.2, 0.25) is 0 Å². The molecule has 1 N–H and O–H groups in total.